The van der Waals surface area contributed by atoms with Gasteiger partial charge in [-0.05, 0) is 61.6 Å². The first-order valence-corrected chi connectivity index (χ1v) is 7.11. The van der Waals surface area contributed by atoms with Gasteiger partial charge in [-0.1, -0.05) is 36.9 Å². The molecule has 2 heteroatoms. The van der Waals surface area contributed by atoms with Crippen molar-refractivity contribution in [3.63, 3.8) is 0 Å². The van der Waals surface area contributed by atoms with Gasteiger partial charge in [0, 0.05) is 5.70 Å². The summed E-state index contributed by atoms with van der Waals surface area (Å²) >= 11 is 0. The Bertz CT molecular complexity index is 557. The molecular formula is C18H22N2. The number of hydrogen-bond donors (Lipinski definition) is 1. The highest BCUT2D eigenvalue weighted by molar-refractivity contribution is 5.52. The van der Waals surface area contributed by atoms with Crippen LogP contribution in [0.1, 0.15) is 31.2 Å². The molecule has 1 aromatic carbocycles. The monoisotopic (exact) mass is 266 g/mol. The van der Waals surface area contributed by atoms with Gasteiger partial charge in [0.2, 0.25) is 0 Å². The van der Waals surface area contributed by atoms with Crippen molar-refractivity contribution in [2.75, 3.05) is 0 Å². The van der Waals surface area contributed by atoms with Crippen molar-refractivity contribution in [1.82, 2.24) is 0 Å². The van der Waals surface area contributed by atoms with Gasteiger partial charge in [-0.25, -0.2) is 0 Å². The molecule has 1 fully saturated rings. The minimum Gasteiger partial charge on any atom is -0.398 e. The molecule has 0 heterocycles. The van der Waals surface area contributed by atoms with E-state index in [0.717, 1.165) is 41.8 Å². The number of nitrogens with zero attached hydrogens (tertiary/aromatic N) is 1. The zero-order chi connectivity index (χ0) is 14.4. The second-order valence-electron chi connectivity index (χ2n) is 5.08. The van der Waals surface area contributed by atoms with E-state index in [9.17, 15) is 0 Å². The third-order valence-corrected chi connectivity index (χ3v) is 3.82. The number of hydrogen-bond acceptors (Lipinski definition) is 2. The number of nitrogens with two attached hydrogens (primary N) is 1. The molecule has 0 unspecified atom stereocenters. The standard InChI is InChI=1S/C18H22N2/c1-3-14(18(19)16-9-4-5-10-16)12-13-15-8-6-7-11-17(15)20-2/h3,6-8,11-12H,1-2,4-5,9-10,13,19H2/b14-12+. The predicted octanol–water partition coefficient (Wildman–Crippen LogP) is 4.46. The lowest BCUT2D eigenvalue weighted by Crippen LogP contribution is -2.03. The van der Waals surface area contributed by atoms with E-state index in [4.69, 9.17) is 5.73 Å². The second-order valence-corrected chi connectivity index (χ2v) is 5.08. The molecule has 0 aliphatic heterocycles. The summed E-state index contributed by atoms with van der Waals surface area (Å²) in [6.45, 7) is 7.50. The lowest BCUT2D eigenvalue weighted by molar-refractivity contribution is 0.886. The summed E-state index contributed by atoms with van der Waals surface area (Å²) in [7, 11) is 0. The Hall–Kier alpha value is -2.09. The highest BCUT2D eigenvalue weighted by Gasteiger charge is 2.12. The van der Waals surface area contributed by atoms with Crippen LogP contribution in [0.3, 0.4) is 0 Å². The molecule has 0 amide bonds. The van der Waals surface area contributed by atoms with E-state index in [1.165, 1.54) is 18.4 Å². The van der Waals surface area contributed by atoms with E-state index in [1.807, 2.05) is 24.3 Å². The lowest BCUT2D eigenvalue weighted by atomic mass is 10.0. The summed E-state index contributed by atoms with van der Waals surface area (Å²) in [5.41, 5.74) is 11.7. The SMILES string of the molecule is C=C/C(=C\Cc1ccccc1N=C)C(N)=C1CCCC1. The average Bonchev–Trinajstić information content (AvgIpc) is 3.02. The van der Waals surface area contributed by atoms with Gasteiger partial charge >= 0.3 is 0 Å². The zero-order valence-electron chi connectivity index (χ0n) is 11.9. The first kappa shape index (κ1) is 14.3. The third kappa shape index (κ3) is 3.27. The average molecular weight is 266 g/mol. The highest BCUT2D eigenvalue weighted by Crippen LogP contribution is 2.28. The van der Waals surface area contributed by atoms with Crippen LogP contribution in [0.2, 0.25) is 0 Å². The van der Waals surface area contributed by atoms with Crippen molar-refractivity contribution in [3.05, 3.63) is 65.4 Å². The third-order valence-electron chi connectivity index (χ3n) is 3.82. The first-order valence-electron chi connectivity index (χ1n) is 7.11. The molecule has 0 atom stereocenters. The summed E-state index contributed by atoms with van der Waals surface area (Å²) in [5, 5.41) is 0. The summed E-state index contributed by atoms with van der Waals surface area (Å²) in [5.74, 6) is 0. The minimum absolute atomic E-state index is 0.796. The first-order chi connectivity index (χ1) is 9.76. The Morgan fingerprint density at radius 2 is 1.95 bits per heavy atom. The predicted molar refractivity (Wildman–Crippen MR) is 87.3 cm³/mol. The summed E-state index contributed by atoms with van der Waals surface area (Å²) < 4.78 is 0. The van der Waals surface area contributed by atoms with Crippen molar-refractivity contribution in [2.24, 2.45) is 10.7 Å². The number of benzene rings is 1. The normalized spacial score (nSPS) is 15.2. The van der Waals surface area contributed by atoms with Crippen molar-refractivity contribution in [3.8, 4) is 0 Å². The molecule has 0 radical (unpaired) electrons. The van der Waals surface area contributed by atoms with Gasteiger partial charge in [0.15, 0.2) is 0 Å². The Labute approximate surface area is 121 Å². The van der Waals surface area contributed by atoms with Crippen molar-refractivity contribution >= 4 is 12.4 Å². The van der Waals surface area contributed by atoms with Gasteiger partial charge in [-0.2, -0.15) is 0 Å². The molecule has 0 spiro atoms. The molecule has 1 saturated carbocycles. The maximum atomic E-state index is 6.27. The highest BCUT2D eigenvalue weighted by atomic mass is 14.7. The van der Waals surface area contributed by atoms with Crippen LogP contribution in [-0.4, -0.2) is 6.72 Å². The van der Waals surface area contributed by atoms with Crippen LogP contribution in [-0.2, 0) is 6.42 Å². The van der Waals surface area contributed by atoms with Gasteiger partial charge in [0.25, 0.3) is 0 Å². The summed E-state index contributed by atoms with van der Waals surface area (Å²) in [6, 6.07) is 8.04. The van der Waals surface area contributed by atoms with E-state index in [1.54, 1.807) is 0 Å². The fraction of sp³-hybridized carbons (Fsp3) is 0.278. The summed E-state index contributed by atoms with van der Waals surface area (Å²) in [4.78, 5) is 4.05. The fourth-order valence-corrected chi connectivity index (χ4v) is 2.64. The van der Waals surface area contributed by atoms with Gasteiger partial charge in [-0.15, -0.1) is 0 Å². The van der Waals surface area contributed by atoms with Crippen molar-refractivity contribution in [2.45, 2.75) is 32.1 Å². The molecule has 1 aliphatic carbocycles. The van der Waals surface area contributed by atoms with Crippen LogP contribution < -0.4 is 5.73 Å². The number of allylic oxidation sites excluding steroid dienone is 3. The van der Waals surface area contributed by atoms with E-state index in [2.05, 4.69) is 30.4 Å². The second kappa shape index (κ2) is 6.90. The quantitative estimate of drug-likeness (QED) is 0.620. The van der Waals surface area contributed by atoms with Gasteiger partial charge < -0.3 is 5.73 Å². The van der Waals surface area contributed by atoms with E-state index in [0.29, 0.717) is 0 Å². The van der Waals surface area contributed by atoms with Crippen LogP contribution in [0.5, 0.6) is 0 Å². The van der Waals surface area contributed by atoms with Crippen LogP contribution in [0, 0.1) is 0 Å². The molecule has 2 nitrogen and oxygen atoms in total. The number of aliphatic imine (C=N–C) groups is 1. The molecule has 2 rings (SSSR count). The molecule has 2 N–H and O–H groups in total. The van der Waals surface area contributed by atoms with Crippen LogP contribution in [0.25, 0.3) is 0 Å². The number of rotatable bonds is 5. The Morgan fingerprint density at radius 3 is 2.60 bits per heavy atom. The molecule has 0 saturated heterocycles. The van der Waals surface area contributed by atoms with E-state index < -0.39 is 0 Å². The fourth-order valence-electron chi connectivity index (χ4n) is 2.64. The molecule has 1 aliphatic rings. The zero-order valence-corrected chi connectivity index (χ0v) is 11.9. The van der Waals surface area contributed by atoms with E-state index >= 15 is 0 Å². The van der Waals surface area contributed by atoms with Crippen molar-refractivity contribution < 1.29 is 0 Å². The Balaban J connectivity index is 2.21. The maximum Gasteiger partial charge on any atom is 0.0657 e. The molecule has 0 bridgehead atoms. The molecular weight excluding hydrogens is 244 g/mol. The minimum atomic E-state index is 0.796. The number of para-hydroxylation sites is 1. The largest absolute Gasteiger partial charge is 0.398 e. The van der Waals surface area contributed by atoms with E-state index in [-0.39, 0.29) is 0 Å². The Morgan fingerprint density at radius 1 is 1.25 bits per heavy atom. The molecule has 20 heavy (non-hydrogen) atoms. The molecule has 104 valence electrons. The lowest BCUT2D eigenvalue weighted by Gasteiger charge is -2.08. The summed E-state index contributed by atoms with van der Waals surface area (Å²) in [6.07, 6.45) is 9.55. The van der Waals surface area contributed by atoms with Gasteiger partial charge in [0.1, 0.15) is 0 Å². The molecule has 1 aromatic rings. The van der Waals surface area contributed by atoms with Gasteiger partial charge in [0.05, 0.1) is 5.69 Å². The van der Waals surface area contributed by atoms with Crippen molar-refractivity contribution in [1.29, 1.82) is 0 Å². The van der Waals surface area contributed by atoms with Crippen LogP contribution >= 0.6 is 0 Å². The topological polar surface area (TPSA) is 38.4 Å². The van der Waals surface area contributed by atoms with Crippen LogP contribution in [0.4, 0.5) is 5.69 Å². The maximum absolute atomic E-state index is 6.27. The smallest absolute Gasteiger partial charge is 0.0657 e. The Kier molecular flexibility index (Phi) is 4.94. The van der Waals surface area contributed by atoms with Crippen LogP contribution in [0.15, 0.2) is 64.8 Å². The van der Waals surface area contributed by atoms with Gasteiger partial charge in [-0.3, -0.25) is 4.99 Å². The molecule has 0 aromatic heterocycles.